The molecule has 0 radical (unpaired) electrons. The third-order valence-electron chi connectivity index (χ3n) is 4.22. The van der Waals surface area contributed by atoms with Gasteiger partial charge in [0.05, 0.1) is 10.6 Å². The number of carboxylic acids is 1. The number of allylic oxidation sites excluding steroid dienone is 1. The zero-order valence-corrected chi connectivity index (χ0v) is 18.6. The van der Waals surface area contributed by atoms with E-state index in [4.69, 9.17) is 16.7 Å². The smallest absolute Gasteiger partial charge is 0.318 e. The fourth-order valence-electron chi connectivity index (χ4n) is 2.59. The van der Waals surface area contributed by atoms with Gasteiger partial charge in [0.1, 0.15) is 11.6 Å². The molecule has 1 heterocycles. The molecular weight excluding hydrogens is 460 g/mol. The zero-order chi connectivity index (χ0) is 22.6. The molecule has 0 unspecified atom stereocenters. The van der Waals surface area contributed by atoms with Gasteiger partial charge in [-0.2, -0.15) is 4.31 Å². The van der Waals surface area contributed by atoms with Crippen molar-refractivity contribution in [3.8, 4) is 10.6 Å². The average Bonchev–Trinajstić information content (AvgIpc) is 3.21. The largest absolute Gasteiger partial charge is 0.480 e. The van der Waals surface area contributed by atoms with Crippen molar-refractivity contribution in [1.29, 1.82) is 0 Å². The van der Waals surface area contributed by atoms with Crippen molar-refractivity contribution in [3.05, 3.63) is 76.3 Å². The van der Waals surface area contributed by atoms with Gasteiger partial charge in [-0.25, -0.2) is 13.4 Å². The fraction of sp³-hybridized carbons (Fsp3) is 0.0952. The molecule has 1 aromatic heterocycles. The minimum Gasteiger partial charge on any atom is -0.480 e. The lowest BCUT2D eigenvalue weighted by Gasteiger charge is -2.14. The summed E-state index contributed by atoms with van der Waals surface area (Å²) in [6, 6.07) is 12.6. The summed E-state index contributed by atoms with van der Waals surface area (Å²) in [5.74, 6) is -1.58. The lowest BCUT2D eigenvalue weighted by atomic mass is 10.1. The second kappa shape index (κ2) is 9.52. The number of carbonyl (C=O) groups is 2. The predicted octanol–water partition coefficient (Wildman–Crippen LogP) is 4.06. The Bertz CT molecular complexity index is 1230. The van der Waals surface area contributed by atoms with Gasteiger partial charge in [-0.15, -0.1) is 11.3 Å². The Morgan fingerprint density at radius 3 is 2.39 bits per heavy atom. The van der Waals surface area contributed by atoms with Crippen LogP contribution in [0.25, 0.3) is 16.6 Å². The first-order valence-corrected chi connectivity index (χ1v) is 11.6. The van der Waals surface area contributed by atoms with E-state index in [1.807, 2.05) is 17.5 Å². The first-order valence-electron chi connectivity index (χ1n) is 8.89. The number of rotatable bonds is 8. The Morgan fingerprint density at radius 1 is 1.13 bits per heavy atom. The van der Waals surface area contributed by atoms with Crippen LogP contribution < -0.4 is 0 Å². The number of ketones is 1. The number of sulfonamides is 1. The van der Waals surface area contributed by atoms with Crippen LogP contribution in [0.1, 0.15) is 16.1 Å². The molecule has 0 spiro atoms. The molecule has 2 aromatic carbocycles. The van der Waals surface area contributed by atoms with Gasteiger partial charge in [-0.1, -0.05) is 23.7 Å². The van der Waals surface area contributed by atoms with Gasteiger partial charge in [-0.05, 0) is 48.6 Å². The van der Waals surface area contributed by atoms with E-state index in [0.29, 0.717) is 16.3 Å². The van der Waals surface area contributed by atoms with E-state index in [9.17, 15) is 18.0 Å². The third-order valence-corrected chi connectivity index (χ3v) is 7.20. The minimum atomic E-state index is -3.95. The summed E-state index contributed by atoms with van der Waals surface area (Å²) in [5.41, 5.74) is 1.84. The van der Waals surface area contributed by atoms with Crippen LogP contribution in [0.4, 0.5) is 0 Å². The van der Waals surface area contributed by atoms with Crippen LogP contribution in [0, 0.1) is 0 Å². The maximum atomic E-state index is 12.4. The van der Waals surface area contributed by atoms with Gasteiger partial charge in [0.15, 0.2) is 5.78 Å². The normalized spacial score (nSPS) is 11.8. The van der Waals surface area contributed by atoms with Crippen LogP contribution in [0.5, 0.6) is 0 Å². The van der Waals surface area contributed by atoms with Crippen molar-refractivity contribution in [2.75, 3.05) is 13.6 Å². The van der Waals surface area contributed by atoms with Gasteiger partial charge in [0.2, 0.25) is 10.0 Å². The second-order valence-corrected chi connectivity index (χ2v) is 9.80. The molecule has 0 saturated carbocycles. The summed E-state index contributed by atoms with van der Waals surface area (Å²) in [4.78, 5) is 27.5. The summed E-state index contributed by atoms with van der Waals surface area (Å²) < 4.78 is 25.4. The Morgan fingerprint density at radius 2 is 1.77 bits per heavy atom. The lowest BCUT2D eigenvalue weighted by Crippen LogP contribution is -2.32. The van der Waals surface area contributed by atoms with Crippen molar-refractivity contribution >= 4 is 50.8 Å². The number of halogens is 1. The number of aromatic nitrogens is 1. The molecule has 0 aliphatic rings. The molecule has 0 saturated heterocycles. The summed E-state index contributed by atoms with van der Waals surface area (Å²) in [6.45, 7) is -0.655. The fourth-order valence-corrected chi connectivity index (χ4v) is 4.63. The number of nitrogens with zero attached hydrogens (tertiary/aromatic N) is 2. The first kappa shape index (κ1) is 22.8. The highest BCUT2D eigenvalue weighted by molar-refractivity contribution is 7.89. The highest BCUT2D eigenvalue weighted by atomic mass is 35.5. The van der Waals surface area contributed by atoms with Crippen LogP contribution in [0.2, 0.25) is 5.02 Å². The van der Waals surface area contributed by atoms with Gasteiger partial charge in [-0.3, -0.25) is 9.59 Å². The molecule has 7 nitrogen and oxygen atoms in total. The molecule has 0 aliphatic heterocycles. The van der Waals surface area contributed by atoms with Gasteiger partial charge < -0.3 is 5.11 Å². The Labute approximate surface area is 188 Å². The van der Waals surface area contributed by atoms with E-state index in [1.165, 1.54) is 48.7 Å². The molecule has 0 amide bonds. The summed E-state index contributed by atoms with van der Waals surface area (Å²) in [6.07, 6.45) is 2.95. The second-order valence-electron chi connectivity index (χ2n) is 6.46. The Kier molecular flexibility index (Phi) is 7.01. The van der Waals surface area contributed by atoms with Gasteiger partial charge in [0.25, 0.3) is 0 Å². The number of benzene rings is 2. The number of carboxylic acid groups (broad SMARTS) is 1. The topological polar surface area (TPSA) is 105 Å². The molecular formula is C21H17ClN2O5S2. The van der Waals surface area contributed by atoms with Crippen molar-refractivity contribution in [2.45, 2.75) is 4.90 Å². The van der Waals surface area contributed by atoms with E-state index in [0.717, 1.165) is 14.9 Å². The number of carbonyl (C=O) groups excluding carboxylic acids is 1. The van der Waals surface area contributed by atoms with Crippen LogP contribution in [-0.4, -0.2) is 48.2 Å². The molecule has 0 bridgehead atoms. The first-order chi connectivity index (χ1) is 14.7. The molecule has 10 heteroatoms. The van der Waals surface area contributed by atoms with E-state index < -0.39 is 22.5 Å². The van der Waals surface area contributed by atoms with Crippen molar-refractivity contribution < 1.29 is 23.1 Å². The molecule has 0 atom stereocenters. The summed E-state index contributed by atoms with van der Waals surface area (Å²) >= 11 is 7.33. The van der Waals surface area contributed by atoms with E-state index in [1.54, 1.807) is 18.2 Å². The van der Waals surface area contributed by atoms with Crippen LogP contribution in [0.15, 0.2) is 64.9 Å². The molecule has 0 fully saturated rings. The third kappa shape index (κ3) is 5.65. The van der Waals surface area contributed by atoms with Gasteiger partial charge >= 0.3 is 5.97 Å². The SMILES string of the molecule is CN(CC(=O)O)S(=O)(=O)c1ccc(C(=O)/C=C/c2csc(-c3ccc(Cl)cc3)n2)cc1. The molecule has 0 aliphatic carbocycles. The van der Waals surface area contributed by atoms with Crippen LogP contribution in [0.3, 0.4) is 0 Å². The number of hydrogen-bond acceptors (Lipinski definition) is 6. The molecule has 3 rings (SSSR count). The highest BCUT2D eigenvalue weighted by Crippen LogP contribution is 2.25. The number of likely N-dealkylation sites (N-methyl/N-ethyl adjacent to an activating group) is 1. The molecule has 3 aromatic rings. The maximum Gasteiger partial charge on any atom is 0.318 e. The lowest BCUT2D eigenvalue weighted by molar-refractivity contribution is -0.137. The monoisotopic (exact) mass is 476 g/mol. The van der Waals surface area contributed by atoms with Crippen molar-refractivity contribution in [2.24, 2.45) is 0 Å². The number of aliphatic carboxylic acids is 1. The summed E-state index contributed by atoms with van der Waals surface area (Å²) in [7, 11) is -2.77. The summed E-state index contributed by atoms with van der Waals surface area (Å²) in [5, 5.41) is 12.0. The molecule has 31 heavy (non-hydrogen) atoms. The van der Waals surface area contributed by atoms with Crippen LogP contribution >= 0.6 is 22.9 Å². The number of hydrogen-bond donors (Lipinski definition) is 1. The Balaban J connectivity index is 1.70. The van der Waals surface area contributed by atoms with Gasteiger partial charge in [0, 0.05) is 28.6 Å². The maximum absolute atomic E-state index is 12.4. The Hall–Kier alpha value is -2.85. The predicted molar refractivity (Wildman–Crippen MR) is 120 cm³/mol. The number of thiazole rings is 1. The standard InChI is InChI=1S/C21H17ClN2O5S2/c1-24(12-20(26)27)31(28,29)18-9-4-14(5-10-18)19(25)11-8-17-13-30-21(23-17)15-2-6-16(22)7-3-15/h2-11,13H,12H2,1H3,(H,26,27)/b11-8+. The quantitative estimate of drug-likeness (QED) is 0.388. The highest BCUT2D eigenvalue weighted by Gasteiger charge is 2.22. The average molecular weight is 477 g/mol. The minimum absolute atomic E-state index is 0.0936. The molecule has 160 valence electrons. The van der Waals surface area contributed by atoms with E-state index in [2.05, 4.69) is 4.98 Å². The van der Waals surface area contributed by atoms with Crippen molar-refractivity contribution in [1.82, 2.24) is 9.29 Å². The van der Waals surface area contributed by atoms with Crippen molar-refractivity contribution in [3.63, 3.8) is 0 Å². The molecule has 1 N–H and O–H groups in total. The van der Waals surface area contributed by atoms with E-state index in [-0.39, 0.29) is 10.7 Å². The van der Waals surface area contributed by atoms with E-state index >= 15 is 0 Å². The zero-order valence-electron chi connectivity index (χ0n) is 16.2. The van der Waals surface area contributed by atoms with Crippen LogP contribution in [-0.2, 0) is 14.8 Å².